The average molecular weight is 269 g/mol. The number of carbonyl (C=O) groups excluding carboxylic acids is 1. The van der Waals surface area contributed by atoms with E-state index < -0.39 is 0 Å². The predicted octanol–water partition coefficient (Wildman–Crippen LogP) is 2.24. The quantitative estimate of drug-likeness (QED) is 0.669. The highest BCUT2D eigenvalue weighted by Crippen LogP contribution is 2.17. The molecule has 0 radical (unpaired) electrons. The van der Waals surface area contributed by atoms with Crippen LogP contribution >= 0.6 is 0 Å². The normalized spacial score (nSPS) is 10.4. The molecule has 1 heterocycles. The van der Waals surface area contributed by atoms with Crippen molar-refractivity contribution in [2.45, 2.75) is 6.92 Å². The van der Waals surface area contributed by atoms with Gasteiger partial charge in [-0.25, -0.2) is 5.43 Å². The number of pyridine rings is 1. The fourth-order valence-electron chi connectivity index (χ4n) is 1.61. The second-order valence-corrected chi connectivity index (χ2v) is 3.91. The Morgan fingerprint density at radius 3 is 2.80 bits per heavy atom. The molecular formula is C15H15N3O2. The summed E-state index contributed by atoms with van der Waals surface area (Å²) in [6.45, 7) is 2.38. The van der Waals surface area contributed by atoms with E-state index in [0.717, 1.165) is 5.56 Å². The standard InChI is InChI=1S/C15H15N3O2/c1-2-20-14-6-4-3-5-13(14)15(19)18-17-11-12-7-9-16-10-8-12/h3-11H,2H2,1H3,(H,18,19)/b17-11+. The summed E-state index contributed by atoms with van der Waals surface area (Å²) in [6, 6.07) is 10.6. The lowest BCUT2D eigenvalue weighted by Crippen LogP contribution is -2.18. The first-order chi connectivity index (χ1) is 9.81. The van der Waals surface area contributed by atoms with Gasteiger partial charge in [0, 0.05) is 12.4 Å². The summed E-state index contributed by atoms with van der Waals surface area (Å²) in [7, 11) is 0. The van der Waals surface area contributed by atoms with Crippen LogP contribution in [0, 0.1) is 0 Å². The van der Waals surface area contributed by atoms with E-state index in [1.54, 1.807) is 48.9 Å². The Bertz CT molecular complexity index is 597. The van der Waals surface area contributed by atoms with Crippen molar-refractivity contribution in [1.82, 2.24) is 10.4 Å². The summed E-state index contributed by atoms with van der Waals surface area (Å²) < 4.78 is 5.40. The molecule has 1 amide bonds. The van der Waals surface area contributed by atoms with Gasteiger partial charge in [0.1, 0.15) is 5.75 Å². The first-order valence-corrected chi connectivity index (χ1v) is 6.26. The average Bonchev–Trinajstić information content (AvgIpc) is 2.49. The zero-order valence-corrected chi connectivity index (χ0v) is 11.1. The van der Waals surface area contributed by atoms with Crippen LogP contribution < -0.4 is 10.2 Å². The fraction of sp³-hybridized carbons (Fsp3) is 0.133. The van der Waals surface area contributed by atoms with E-state index in [9.17, 15) is 4.79 Å². The summed E-state index contributed by atoms with van der Waals surface area (Å²) in [4.78, 5) is 15.9. The highest BCUT2D eigenvalue weighted by Gasteiger charge is 2.10. The molecule has 0 aliphatic rings. The minimum atomic E-state index is -0.306. The van der Waals surface area contributed by atoms with Crippen molar-refractivity contribution < 1.29 is 9.53 Å². The van der Waals surface area contributed by atoms with Gasteiger partial charge in [-0.3, -0.25) is 9.78 Å². The summed E-state index contributed by atoms with van der Waals surface area (Å²) in [6.07, 6.45) is 4.88. The highest BCUT2D eigenvalue weighted by molar-refractivity contribution is 5.97. The van der Waals surface area contributed by atoms with Crippen molar-refractivity contribution in [2.75, 3.05) is 6.61 Å². The SMILES string of the molecule is CCOc1ccccc1C(=O)N/N=C/c1ccncc1. The van der Waals surface area contributed by atoms with Crippen molar-refractivity contribution in [1.29, 1.82) is 0 Å². The second kappa shape index (κ2) is 7.04. The molecule has 0 saturated heterocycles. The van der Waals surface area contributed by atoms with E-state index in [4.69, 9.17) is 4.74 Å². The molecule has 20 heavy (non-hydrogen) atoms. The summed E-state index contributed by atoms with van der Waals surface area (Å²) in [5, 5.41) is 3.91. The van der Waals surface area contributed by atoms with E-state index in [2.05, 4.69) is 15.5 Å². The van der Waals surface area contributed by atoms with Crippen LogP contribution in [0.1, 0.15) is 22.8 Å². The smallest absolute Gasteiger partial charge is 0.275 e. The van der Waals surface area contributed by atoms with Gasteiger partial charge in [0.15, 0.2) is 0 Å². The van der Waals surface area contributed by atoms with Gasteiger partial charge in [-0.15, -0.1) is 0 Å². The first kappa shape index (κ1) is 13.7. The topological polar surface area (TPSA) is 63.6 Å². The summed E-state index contributed by atoms with van der Waals surface area (Å²) in [5.74, 6) is 0.242. The van der Waals surface area contributed by atoms with Crippen LogP contribution in [-0.2, 0) is 0 Å². The van der Waals surface area contributed by atoms with Gasteiger partial charge in [-0.05, 0) is 36.8 Å². The Hall–Kier alpha value is -2.69. The van der Waals surface area contributed by atoms with Gasteiger partial charge < -0.3 is 4.74 Å². The van der Waals surface area contributed by atoms with Crippen LogP contribution in [0.4, 0.5) is 0 Å². The molecule has 0 aliphatic heterocycles. The molecule has 1 aromatic carbocycles. The number of para-hydroxylation sites is 1. The van der Waals surface area contributed by atoms with Gasteiger partial charge in [0.05, 0.1) is 18.4 Å². The molecule has 0 atom stereocenters. The van der Waals surface area contributed by atoms with Crippen LogP contribution in [0.25, 0.3) is 0 Å². The van der Waals surface area contributed by atoms with E-state index in [-0.39, 0.29) is 5.91 Å². The minimum absolute atomic E-state index is 0.306. The molecule has 0 aliphatic carbocycles. The number of hydrogen-bond donors (Lipinski definition) is 1. The molecule has 0 saturated carbocycles. The van der Waals surface area contributed by atoms with E-state index in [0.29, 0.717) is 17.9 Å². The fourth-order valence-corrected chi connectivity index (χ4v) is 1.61. The van der Waals surface area contributed by atoms with Crippen LogP contribution in [0.5, 0.6) is 5.75 Å². The van der Waals surface area contributed by atoms with Crippen LogP contribution in [0.2, 0.25) is 0 Å². The molecule has 0 fully saturated rings. The third-order valence-electron chi connectivity index (χ3n) is 2.52. The van der Waals surface area contributed by atoms with Crippen molar-refractivity contribution in [3.8, 4) is 5.75 Å². The molecule has 5 heteroatoms. The Morgan fingerprint density at radius 2 is 2.05 bits per heavy atom. The van der Waals surface area contributed by atoms with Gasteiger partial charge in [-0.2, -0.15) is 5.10 Å². The minimum Gasteiger partial charge on any atom is -0.493 e. The Morgan fingerprint density at radius 1 is 1.30 bits per heavy atom. The predicted molar refractivity (Wildman–Crippen MR) is 76.9 cm³/mol. The van der Waals surface area contributed by atoms with Gasteiger partial charge in [0.25, 0.3) is 5.91 Å². The van der Waals surface area contributed by atoms with Gasteiger partial charge >= 0.3 is 0 Å². The lowest BCUT2D eigenvalue weighted by Gasteiger charge is -2.08. The molecule has 0 bridgehead atoms. The van der Waals surface area contributed by atoms with Crippen molar-refractivity contribution >= 4 is 12.1 Å². The third-order valence-corrected chi connectivity index (χ3v) is 2.52. The lowest BCUT2D eigenvalue weighted by atomic mass is 10.2. The van der Waals surface area contributed by atoms with Gasteiger partial charge in [0.2, 0.25) is 0 Å². The number of benzene rings is 1. The van der Waals surface area contributed by atoms with Gasteiger partial charge in [-0.1, -0.05) is 12.1 Å². The molecule has 2 aromatic rings. The number of aromatic nitrogens is 1. The second-order valence-electron chi connectivity index (χ2n) is 3.91. The van der Waals surface area contributed by atoms with E-state index in [1.807, 2.05) is 13.0 Å². The first-order valence-electron chi connectivity index (χ1n) is 6.26. The Balaban J connectivity index is 2.04. The number of hydrogen-bond acceptors (Lipinski definition) is 4. The van der Waals surface area contributed by atoms with Crippen LogP contribution in [0.15, 0.2) is 53.9 Å². The molecular weight excluding hydrogens is 254 g/mol. The van der Waals surface area contributed by atoms with E-state index >= 15 is 0 Å². The molecule has 102 valence electrons. The Kier molecular flexibility index (Phi) is 4.83. The number of nitrogens with one attached hydrogen (secondary N) is 1. The summed E-state index contributed by atoms with van der Waals surface area (Å²) >= 11 is 0. The molecule has 0 unspecified atom stereocenters. The summed E-state index contributed by atoms with van der Waals surface area (Å²) in [5.41, 5.74) is 3.80. The number of carbonyl (C=O) groups is 1. The molecule has 2 rings (SSSR count). The number of ether oxygens (including phenoxy) is 1. The lowest BCUT2D eigenvalue weighted by molar-refractivity contribution is 0.0951. The number of nitrogens with zero attached hydrogens (tertiary/aromatic N) is 2. The van der Waals surface area contributed by atoms with Crippen molar-refractivity contribution in [3.05, 3.63) is 59.9 Å². The number of amides is 1. The zero-order chi connectivity index (χ0) is 14.2. The maximum absolute atomic E-state index is 12.0. The van der Waals surface area contributed by atoms with Crippen LogP contribution in [0.3, 0.4) is 0 Å². The number of rotatable bonds is 5. The highest BCUT2D eigenvalue weighted by atomic mass is 16.5. The Labute approximate surface area is 117 Å². The zero-order valence-electron chi connectivity index (χ0n) is 11.1. The van der Waals surface area contributed by atoms with E-state index in [1.165, 1.54) is 0 Å². The molecule has 1 aromatic heterocycles. The van der Waals surface area contributed by atoms with Crippen molar-refractivity contribution in [2.24, 2.45) is 5.10 Å². The third kappa shape index (κ3) is 3.65. The molecule has 1 N–H and O–H groups in total. The number of hydrazone groups is 1. The van der Waals surface area contributed by atoms with Crippen LogP contribution in [-0.4, -0.2) is 23.7 Å². The molecule has 0 spiro atoms. The molecule has 5 nitrogen and oxygen atoms in total. The monoisotopic (exact) mass is 269 g/mol. The maximum atomic E-state index is 12.0. The maximum Gasteiger partial charge on any atom is 0.275 e. The van der Waals surface area contributed by atoms with Crippen molar-refractivity contribution in [3.63, 3.8) is 0 Å². The largest absolute Gasteiger partial charge is 0.493 e.